The molecule has 0 radical (unpaired) electrons. The third-order valence-electron chi connectivity index (χ3n) is 4.59. The topological polar surface area (TPSA) is 70.0 Å². The molecule has 24 heavy (non-hydrogen) atoms. The molecule has 4 N–H and O–H groups in total. The minimum Gasteiger partial charge on any atom is -0.368 e. The van der Waals surface area contributed by atoms with Crippen LogP contribution in [0.4, 0.5) is 11.4 Å². The number of piperidine rings is 1. The average molecular weight is 392 g/mol. The Morgan fingerprint density at radius 1 is 1.50 bits per heavy atom. The van der Waals surface area contributed by atoms with Crippen LogP contribution in [0.15, 0.2) is 29.1 Å². The van der Waals surface area contributed by atoms with Crippen molar-refractivity contribution in [3.8, 4) is 0 Å². The molecule has 0 bridgehead atoms. The molecule has 3 heterocycles. The SMILES string of the molecule is C=C(Nc1c[nH]c2ncc(Br)c(N3CCC[C@@H](N)C3)c12)C(C)(C)C. The molecule has 0 saturated carbocycles. The zero-order valence-corrected chi connectivity index (χ0v) is 16.2. The lowest BCUT2D eigenvalue weighted by atomic mass is 9.93. The number of H-pyrrole nitrogens is 1. The van der Waals surface area contributed by atoms with Gasteiger partial charge in [-0.25, -0.2) is 4.98 Å². The predicted octanol–water partition coefficient (Wildman–Crippen LogP) is 4.22. The van der Waals surface area contributed by atoms with Crippen molar-refractivity contribution in [2.24, 2.45) is 11.1 Å². The molecule has 0 unspecified atom stereocenters. The van der Waals surface area contributed by atoms with Crippen molar-refractivity contribution in [2.45, 2.75) is 39.7 Å². The summed E-state index contributed by atoms with van der Waals surface area (Å²) in [4.78, 5) is 10.1. The summed E-state index contributed by atoms with van der Waals surface area (Å²) in [6.45, 7) is 12.5. The maximum Gasteiger partial charge on any atom is 0.141 e. The molecule has 2 aromatic rings. The Kier molecular flexibility index (Phi) is 4.62. The van der Waals surface area contributed by atoms with E-state index >= 15 is 0 Å². The number of aromatic amines is 1. The number of nitrogens with one attached hydrogen (secondary N) is 2. The lowest BCUT2D eigenvalue weighted by molar-refractivity contribution is 0.506. The number of aromatic nitrogens is 2. The van der Waals surface area contributed by atoms with Crippen molar-refractivity contribution >= 4 is 38.3 Å². The number of rotatable bonds is 3. The number of allylic oxidation sites excluding steroid dienone is 1. The summed E-state index contributed by atoms with van der Waals surface area (Å²) in [5.41, 5.74) is 10.2. The van der Waals surface area contributed by atoms with Crippen molar-refractivity contribution in [1.29, 1.82) is 0 Å². The second-order valence-electron chi connectivity index (χ2n) is 7.58. The highest BCUT2D eigenvalue weighted by molar-refractivity contribution is 9.10. The molecule has 1 aliphatic heterocycles. The largest absolute Gasteiger partial charge is 0.368 e. The second kappa shape index (κ2) is 6.41. The van der Waals surface area contributed by atoms with E-state index in [1.54, 1.807) is 0 Å². The van der Waals surface area contributed by atoms with Gasteiger partial charge in [-0.05, 0) is 28.8 Å². The van der Waals surface area contributed by atoms with Gasteiger partial charge in [-0.3, -0.25) is 0 Å². The van der Waals surface area contributed by atoms with Gasteiger partial charge in [0.15, 0.2) is 0 Å². The monoisotopic (exact) mass is 391 g/mol. The Labute approximate surface area is 151 Å². The lowest BCUT2D eigenvalue weighted by Gasteiger charge is -2.34. The zero-order chi connectivity index (χ0) is 17.5. The molecule has 2 aromatic heterocycles. The van der Waals surface area contributed by atoms with Gasteiger partial charge < -0.3 is 20.9 Å². The van der Waals surface area contributed by atoms with Crippen LogP contribution in [0, 0.1) is 5.41 Å². The minimum atomic E-state index is -0.0172. The molecule has 0 aliphatic carbocycles. The maximum absolute atomic E-state index is 6.20. The highest BCUT2D eigenvalue weighted by Crippen LogP contribution is 2.40. The van der Waals surface area contributed by atoms with Crippen LogP contribution in [-0.4, -0.2) is 29.1 Å². The Bertz CT molecular complexity index is 759. The molecule has 1 saturated heterocycles. The molecule has 130 valence electrons. The van der Waals surface area contributed by atoms with E-state index in [1.165, 1.54) is 0 Å². The van der Waals surface area contributed by atoms with Crippen LogP contribution < -0.4 is 16.0 Å². The van der Waals surface area contributed by atoms with Crippen molar-refractivity contribution < 1.29 is 0 Å². The first-order chi connectivity index (χ1) is 11.3. The van der Waals surface area contributed by atoms with Gasteiger partial charge in [-0.1, -0.05) is 27.4 Å². The van der Waals surface area contributed by atoms with Gasteiger partial charge in [-0.2, -0.15) is 0 Å². The van der Waals surface area contributed by atoms with E-state index in [9.17, 15) is 0 Å². The summed E-state index contributed by atoms with van der Waals surface area (Å²) in [5, 5.41) is 4.57. The van der Waals surface area contributed by atoms with E-state index in [4.69, 9.17) is 5.73 Å². The van der Waals surface area contributed by atoms with E-state index in [-0.39, 0.29) is 11.5 Å². The molecule has 0 aromatic carbocycles. The van der Waals surface area contributed by atoms with Gasteiger partial charge >= 0.3 is 0 Å². The van der Waals surface area contributed by atoms with Crippen LogP contribution in [0.2, 0.25) is 0 Å². The number of halogens is 1. The molecule has 5 nitrogen and oxygen atoms in total. The van der Waals surface area contributed by atoms with Crippen molar-refractivity contribution in [1.82, 2.24) is 9.97 Å². The number of fused-ring (bicyclic) bond motifs is 1. The third kappa shape index (κ3) is 3.30. The van der Waals surface area contributed by atoms with Crippen molar-refractivity contribution in [3.05, 3.63) is 29.1 Å². The minimum absolute atomic E-state index is 0.0172. The van der Waals surface area contributed by atoms with E-state index in [0.717, 1.165) is 58.5 Å². The fourth-order valence-electron chi connectivity index (χ4n) is 3.03. The summed E-state index contributed by atoms with van der Waals surface area (Å²) < 4.78 is 0.994. The molecule has 6 heteroatoms. The first kappa shape index (κ1) is 17.3. The van der Waals surface area contributed by atoms with Crippen molar-refractivity contribution in [3.63, 3.8) is 0 Å². The number of hydrogen-bond acceptors (Lipinski definition) is 4. The Hall–Kier alpha value is -1.53. The average Bonchev–Trinajstić information content (AvgIpc) is 2.89. The van der Waals surface area contributed by atoms with Gasteiger partial charge in [-0.15, -0.1) is 0 Å². The number of nitrogens with zero attached hydrogens (tertiary/aromatic N) is 2. The second-order valence-corrected chi connectivity index (χ2v) is 8.44. The quantitative estimate of drug-likeness (QED) is 0.731. The highest BCUT2D eigenvalue weighted by Gasteiger charge is 2.24. The first-order valence-corrected chi connectivity index (χ1v) is 9.19. The summed E-state index contributed by atoms with van der Waals surface area (Å²) in [6, 6.07) is 0.216. The van der Waals surface area contributed by atoms with Crippen LogP contribution in [0.25, 0.3) is 11.0 Å². The van der Waals surface area contributed by atoms with Gasteiger partial charge in [0.25, 0.3) is 0 Å². The van der Waals surface area contributed by atoms with E-state index in [1.807, 2.05) is 12.4 Å². The standard InChI is InChI=1S/C18H26BrN5/c1-11(18(2,3)4)23-14-9-22-17-15(14)16(13(19)8-21-17)24-7-5-6-12(20)10-24/h8-9,12,23H,1,5-7,10,20H2,2-4H3,(H,21,22)/t12-/m1/s1. The maximum atomic E-state index is 6.20. The Balaban J connectivity index is 2.06. The van der Waals surface area contributed by atoms with Gasteiger partial charge in [0.05, 0.1) is 21.2 Å². The van der Waals surface area contributed by atoms with Gasteiger partial charge in [0.2, 0.25) is 0 Å². The summed E-state index contributed by atoms with van der Waals surface area (Å²) in [7, 11) is 0. The molecule has 0 spiro atoms. The number of hydrogen-bond donors (Lipinski definition) is 3. The van der Waals surface area contributed by atoms with E-state index < -0.39 is 0 Å². The van der Waals surface area contributed by atoms with Crippen LogP contribution in [0.5, 0.6) is 0 Å². The number of nitrogens with two attached hydrogens (primary N) is 1. The molecule has 3 rings (SSSR count). The summed E-state index contributed by atoms with van der Waals surface area (Å²) in [6.07, 6.45) is 6.02. The molecular formula is C18H26BrN5. The lowest BCUT2D eigenvalue weighted by Crippen LogP contribution is -2.43. The number of anilines is 2. The van der Waals surface area contributed by atoms with Crippen LogP contribution in [0.3, 0.4) is 0 Å². The summed E-state index contributed by atoms with van der Waals surface area (Å²) >= 11 is 3.69. The van der Waals surface area contributed by atoms with E-state index in [0.29, 0.717) is 0 Å². The van der Waals surface area contributed by atoms with Crippen LogP contribution in [-0.2, 0) is 0 Å². The number of pyridine rings is 1. The predicted molar refractivity (Wildman–Crippen MR) is 105 cm³/mol. The van der Waals surface area contributed by atoms with Crippen molar-refractivity contribution in [2.75, 3.05) is 23.3 Å². The molecule has 1 fully saturated rings. The van der Waals surface area contributed by atoms with Gasteiger partial charge in [0.1, 0.15) is 5.65 Å². The first-order valence-electron chi connectivity index (χ1n) is 8.40. The van der Waals surface area contributed by atoms with Crippen LogP contribution in [0.1, 0.15) is 33.6 Å². The smallest absolute Gasteiger partial charge is 0.141 e. The third-order valence-corrected chi connectivity index (χ3v) is 5.17. The fraction of sp³-hybridized carbons (Fsp3) is 0.500. The molecule has 1 aliphatic rings. The normalized spacial score (nSPS) is 18.9. The van der Waals surface area contributed by atoms with Gasteiger partial charge in [0, 0.05) is 42.6 Å². The molecular weight excluding hydrogens is 366 g/mol. The summed E-state index contributed by atoms with van der Waals surface area (Å²) in [5.74, 6) is 0. The van der Waals surface area contributed by atoms with E-state index in [2.05, 4.69) is 63.5 Å². The molecule has 0 amide bonds. The fourth-order valence-corrected chi connectivity index (χ4v) is 3.58. The zero-order valence-electron chi connectivity index (χ0n) is 14.6. The Morgan fingerprint density at radius 3 is 2.92 bits per heavy atom. The Morgan fingerprint density at radius 2 is 2.25 bits per heavy atom. The van der Waals surface area contributed by atoms with Crippen LogP contribution >= 0.6 is 15.9 Å². The highest BCUT2D eigenvalue weighted by atomic mass is 79.9. The molecule has 1 atom stereocenters.